The Kier molecular flexibility index (Phi) is 5.21. The minimum absolute atomic E-state index is 0. The molecule has 0 bridgehead atoms. The van der Waals surface area contributed by atoms with E-state index in [1.54, 1.807) is 12.1 Å². The Labute approximate surface area is 112 Å². The molecule has 2 aromatic rings. The van der Waals surface area contributed by atoms with Gasteiger partial charge in [0.15, 0.2) is 0 Å². The van der Waals surface area contributed by atoms with Crippen molar-refractivity contribution in [3.8, 4) is 0 Å². The van der Waals surface area contributed by atoms with Crippen molar-refractivity contribution in [2.75, 3.05) is 11.1 Å². The van der Waals surface area contributed by atoms with Crippen molar-refractivity contribution in [1.29, 1.82) is 0 Å². The normalized spacial score (nSPS) is 9.33. The quantitative estimate of drug-likeness (QED) is 0.836. The van der Waals surface area contributed by atoms with Crippen molar-refractivity contribution in [3.05, 3.63) is 60.2 Å². The molecule has 2 rings (SSSR count). The average Bonchev–Trinajstić information content (AvgIpc) is 2.33. The van der Waals surface area contributed by atoms with Gasteiger partial charge in [0.2, 0.25) is 5.91 Å². The highest BCUT2D eigenvalue weighted by Gasteiger charge is 2.03. The van der Waals surface area contributed by atoms with E-state index in [-0.39, 0.29) is 18.3 Å². The Balaban J connectivity index is 0.00000162. The van der Waals surface area contributed by atoms with Crippen LogP contribution in [-0.4, -0.2) is 5.91 Å². The summed E-state index contributed by atoms with van der Waals surface area (Å²) < 4.78 is 0. The molecule has 1 amide bonds. The SMILES string of the molecule is Cl.Nc1ccc(CC(=O)Nc2ccccc2)cc1. The molecule has 3 N–H and O–H groups in total. The van der Waals surface area contributed by atoms with Gasteiger partial charge in [-0.05, 0) is 29.8 Å². The van der Waals surface area contributed by atoms with Gasteiger partial charge in [-0.25, -0.2) is 0 Å². The van der Waals surface area contributed by atoms with E-state index in [0.717, 1.165) is 11.3 Å². The highest BCUT2D eigenvalue weighted by molar-refractivity contribution is 5.92. The fraction of sp³-hybridized carbons (Fsp3) is 0.0714. The van der Waals surface area contributed by atoms with Crippen LogP contribution in [0.4, 0.5) is 11.4 Å². The van der Waals surface area contributed by atoms with Crippen LogP contribution in [0.5, 0.6) is 0 Å². The summed E-state index contributed by atoms with van der Waals surface area (Å²) in [6, 6.07) is 16.7. The number of nitrogen functional groups attached to an aromatic ring is 1. The van der Waals surface area contributed by atoms with E-state index < -0.39 is 0 Å². The molecule has 0 heterocycles. The van der Waals surface area contributed by atoms with Crippen molar-refractivity contribution in [3.63, 3.8) is 0 Å². The molecule has 0 saturated carbocycles. The van der Waals surface area contributed by atoms with Crippen LogP contribution in [-0.2, 0) is 11.2 Å². The van der Waals surface area contributed by atoms with E-state index in [9.17, 15) is 4.79 Å². The number of nitrogens with one attached hydrogen (secondary N) is 1. The molecule has 0 aromatic heterocycles. The Morgan fingerprint density at radius 3 is 2.22 bits per heavy atom. The van der Waals surface area contributed by atoms with Crippen molar-refractivity contribution in [2.45, 2.75) is 6.42 Å². The molecule has 0 saturated heterocycles. The summed E-state index contributed by atoms with van der Waals surface area (Å²) in [6.07, 6.45) is 0.356. The maximum atomic E-state index is 11.7. The highest BCUT2D eigenvalue weighted by atomic mass is 35.5. The number of nitrogens with two attached hydrogens (primary N) is 1. The van der Waals surface area contributed by atoms with Crippen molar-refractivity contribution < 1.29 is 4.79 Å². The average molecular weight is 263 g/mol. The molecular weight excluding hydrogens is 248 g/mol. The molecule has 2 aromatic carbocycles. The molecule has 0 aliphatic heterocycles. The molecule has 3 nitrogen and oxygen atoms in total. The topological polar surface area (TPSA) is 55.1 Å². The van der Waals surface area contributed by atoms with Crippen molar-refractivity contribution in [2.24, 2.45) is 0 Å². The zero-order chi connectivity index (χ0) is 12.1. The zero-order valence-corrected chi connectivity index (χ0v) is 10.6. The number of anilines is 2. The Morgan fingerprint density at radius 1 is 1.00 bits per heavy atom. The summed E-state index contributed by atoms with van der Waals surface area (Å²) in [7, 11) is 0. The summed E-state index contributed by atoms with van der Waals surface area (Å²) in [5.74, 6) is -0.0269. The second kappa shape index (κ2) is 6.67. The third kappa shape index (κ3) is 4.11. The van der Waals surface area contributed by atoms with E-state index >= 15 is 0 Å². The lowest BCUT2D eigenvalue weighted by atomic mass is 10.1. The minimum atomic E-state index is -0.0269. The summed E-state index contributed by atoms with van der Waals surface area (Å²) in [5.41, 5.74) is 8.05. The first-order valence-corrected chi connectivity index (χ1v) is 5.43. The fourth-order valence-corrected chi connectivity index (χ4v) is 1.55. The molecular formula is C14H15ClN2O. The summed E-state index contributed by atoms with van der Waals surface area (Å²) in [5, 5.41) is 2.83. The van der Waals surface area contributed by atoms with E-state index in [4.69, 9.17) is 5.73 Å². The number of rotatable bonds is 3. The smallest absolute Gasteiger partial charge is 0.228 e. The minimum Gasteiger partial charge on any atom is -0.399 e. The monoisotopic (exact) mass is 262 g/mol. The predicted molar refractivity (Wildman–Crippen MR) is 76.9 cm³/mol. The van der Waals surface area contributed by atoms with Gasteiger partial charge in [0, 0.05) is 11.4 Å². The van der Waals surface area contributed by atoms with Crippen LogP contribution < -0.4 is 11.1 Å². The van der Waals surface area contributed by atoms with Gasteiger partial charge in [0.1, 0.15) is 0 Å². The van der Waals surface area contributed by atoms with Crippen LogP contribution in [0.3, 0.4) is 0 Å². The van der Waals surface area contributed by atoms with Gasteiger partial charge >= 0.3 is 0 Å². The fourth-order valence-electron chi connectivity index (χ4n) is 1.55. The standard InChI is InChI=1S/C14H14N2O.ClH/c15-12-8-6-11(7-9-12)10-14(17)16-13-4-2-1-3-5-13;/h1-9H,10,15H2,(H,16,17);1H. The Morgan fingerprint density at radius 2 is 1.61 bits per heavy atom. The molecule has 0 unspecified atom stereocenters. The lowest BCUT2D eigenvalue weighted by Gasteiger charge is -2.05. The lowest BCUT2D eigenvalue weighted by molar-refractivity contribution is -0.115. The number of amides is 1. The Hall–Kier alpha value is -2.00. The van der Waals surface area contributed by atoms with Crippen LogP contribution in [0.15, 0.2) is 54.6 Å². The number of para-hydroxylation sites is 1. The molecule has 0 aliphatic rings. The van der Waals surface area contributed by atoms with Gasteiger partial charge in [-0.15, -0.1) is 12.4 Å². The van der Waals surface area contributed by atoms with Gasteiger partial charge in [0.25, 0.3) is 0 Å². The van der Waals surface area contributed by atoms with Gasteiger partial charge < -0.3 is 11.1 Å². The van der Waals surface area contributed by atoms with Gasteiger partial charge in [-0.1, -0.05) is 30.3 Å². The van der Waals surface area contributed by atoms with Gasteiger partial charge in [-0.3, -0.25) is 4.79 Å². The first kappa shape index (κ1) is 14.1. The van der Waals surface area contributed by atoms with Crippen LogP contribution in [0.2, 0.25) is 0 Å². The van der Waals surface area contributed by atoms with E-state index in [2.05, 4.69) is 5.32 Å². The number of benzene rings is 2. The van der Waals surface area contributed by atoms with Gasteiger partial charge in [0.05, 0.1) is 6.42 Å². The third-order valence-electron chi connectivity index (χ3n) is 2.40. The Bertz CT molecular complexity index is 497. The lowest BCUT2D eigenvalue weighted by Crippen LogP contribution is -2.14. The first-order valence-electron chi connectivity index (χ1n) is 5.43. The number of carbonyl (C=O) groups excluding carboxylic acids is 1. The van der Waals surface area contributed by atoms with Crippen LogP contribution in [0.1, 0.15) is 5.56 Å². The molecule has 0 aliphatic carbocycles. The molecule has 0 spiro atoms. The van der Waals surface area contributed by atoms with Crippen LogP contribution in [0, 0.1) is 0 Å². The van der Waals surface area contributed by atoms with Gasteiger partial charge in [-0.2, -0.15) is 0 Å². The third-order valence-corrected chi connectivity index (χ3v) is 2.40. The summed E-state index contributed by atoms with van der Waals surface area (Å²) in [4.78, 5) is 11.7. The van der Waals surface area contributed by atoms with Crippen molar-refractivity contribution in [1.82, 2.24) is 0 Å². The molecule has 18 heavy (non-hydrogen) atoms. The van der Waals surface area contributed by atoms with E-state index in [1.165, 1.54) is 0 Å². The predicted octanol–water partition coefficient (Wildman–Crippen LogP) is 2.87. The number of hydrogen-bond donors (Lipinski definition) is 2. The molecule has 0 radical (unpaired) electrons. The largest absolute Gasteiger partial charge is 0.399 e. The number of hydrogen-bond acceptors (Lipinski definition) is 2. The molecule has 4 heteroatoms. The van der Waals surface area contributed by atoms with Crippen LogP contribution >= 0.6 is 12.4 Å². The maximum absolute atomic E-state index is 11.7. The molecule has 0 atom stereocenters. The highest BCUT2D eigenvalue weighted by Crippen LogP contribution is 2.09. The van der Waals surface area contributed by atoms with E-state index in [1.807, 2.05) is 42.5 Å². The maximum Gasteiger partial charge on any atom is 0.228 e. The number of halogens is 1. The second-order valence-corrected chi connectivity index (χ2v) is 3.83. The number of carbonyl (C=O) groups is 1. The zero-order valence-electron chi connectivity index (χ0n) is 9.80. The van der Waals surface area contributed by atoms with Crippen LogP contribution in [0.25, 0.3) is 0 Å². The molecule has 0 fully saturated rings. The first-order chi connectivity index (χ1) is 8.24. The van der Waals surface area contributed by atoms with E-state index in [0.29, 0.717) is 12.1 Å². The van der Waals surface area contributed by atoms with Crippen molar-refractivity contribution >= 4 is 29.7 Å². The summed E-state index contributed by atoms with van der Waals surface area (Å²) in [6.45, 7) is 0. The second-order valence-electron chi connectivity index (χ2n) is 3.83. The molecule has 94 valence electrons. The summed E-state index contributed by atoms with van der Waals surface area (Å²) >= 11 is 0.